The highest BCUT2D eigenvalue weighted by Gasteiger charge is 2.53. The third-order valence-electron chi connectivity index (χ3n) is 6.35. The number of rotatable bonds is 6. The maximum Gasteiger partial charge on any atom is 0.573 e. The van der Waals surface area contributed by atoms with Crippen LogP contribution in [0.5, 0.6) is 5.75 Å². The van der Waals surface area contributed by atoms with Gasteiger partial charge in [-0.15, -0.1) is 18.3 Å². The van der Waals surface area contributed by atoms with Crippen LogP contribution in [0.1, 0.15) is 27.7 Å². The van der Waals surface area contributed by atoms with E-state index in [1.165, 1.54) is 18.2 Å². The number of carbonyl (C=O) groups is 3. The van der Waals surface area contributed by atoms with Crippen LogP contribution in [0.25, 0.3) is 11.1 Å². The highest BCUT2D eigenvalue weighted by molar-refractivity contribution is 6.48. The first-order valence-electron chi connectivity index (χ1n) is 11.9. The minimum Gasteiger partial charge on any atom is -0.406 e. The Kier molecular flexibility index (Phi) is 6.69. The number of amides is 1. The van der Waals surface area contributed by atoms with E-state index in [1.807, 2.05) is 30.3 Å². The lowest BCUT2D eigenvalue weighted by Crippen LogP contribution is -2.31. The molecule has 0 radical (unpaired) electrons. The number of Topliss-reactive ketones (excluding diaryl/α,β-unsaturated/α-hetero) is 2. The lowest BCUT2D eigenvalue weighted by atomic mass is 9.86. The lowest BCUT2D eigenvalue weighted by molar-refractivity contribution is -0.274. The number of ether oxygens (including phenoxy) is 1. The van der Waals surface area contributed by atoms with Crippen LogP contribution in [0.2, 0.25) is 0 Å². The molecule has 39 heavy (non-hydrogen) atoms. The number of hydrogen-bond acceptors (Lipinski definition) is 6. The van der Waals surface area contributed by atoms with Crippen molar-refractivity contribution in [3.05, 3.63) is 108 Å². The van der Waals surface area contributed by atoms with E-state index in [-0.39, 0.29) is 16.9 Å². The molecule has 10 heteroatoms. The van der Waals surface area contributed by atoms with Crippen molar-refractivity contribution in [3.8, 4) is 16.9 Å². The zero-order valence-electron chi connectivity index (χ0n) is 20.4. The molecule has 3 aromatic carbocycles. The van der Waals surface area contributed by atoms with E-state index in [4.69, 9.17) is 0 Å². The first kappa shape index (κ1) is 25.8. The van der Waals surface area contributed by atoms with Crippen LogP contribution in [-0.2, 0) is 9.59 Å². The topological polar surface area (TPSA) is 89.5 Å². The largest absolute Gasteiger partial charge is 0.573 e. The summed E-state index contributed by atoms with van der Waals surface area (Å²) in [6.45, 7) is 1.69. The van der Waals surface area contributed by atoms with Crippen molar-refractivity contribution < 1.29 is 32.3 Å². The van der Waals surface area contributed by atoms with Crippen molar-refractivity contribution in [2.45, 2.75) is 19.3 Å². The molecule has 2 atom stereocenters. The molecule has 2 unspecified atom stereocenters. The minimum atomic E-state index is -4.89. The Morgan fingerprint density at radius 2 is 1.46 bits per heavy atom. The maximum atomic E-state index is 13.7. The van der Waals surface area contributed by atoms with Crippen LogP contribution in [0, 0.1) is 12.8 Å². The molecule has 0 N–H and O–H groups in total. The van der Waals surface area contributed by atoms with Gasteiger partial charge in [-0.3, -0.25) is 19.3 Å². The molecule has 1 saturated heterocycles. The molecule has 7 nitrogen and oxygen atoms in total. The molecule has 1 amide bonds. The van der Waals surface area contributed by atoms with E-state index < -0.39 is 41.5 Å². The normalized spacial score (nSPS) is 17.4. The predicted molar refractivity (Wildman–Crippen MR) is 135 cm³/mol. The number of hydrogen-bond donors (Lipinski definition) is 0. The number of alkyl halides is 3. The van der Waals surface area contributed by atoms with Gasteiger partial charge in [0.1, 0.15) is 11.7 Å². The van der Waals surface area contributed by atoms with E-state index in [2.05, 4.69) is 14.9 Å². The number of anilines is 1. The van der Waals surface area contributed by atoms with Crippen molar-refractivity contribution in [2.24, 2.45) is 5.92 Å². The quantitative estimate of drug-likeness (QED) is 0.185. The van der Waals surface area contributed by atoms with Gasteiger partial charge in [0.25, 0.3) is 5.91 Å². The van der Waals surface area contributed by atoms with Gasteiger partial charge in [0.15, 0.2) is 11.6 Å². The Hall–Kier alpha value is -4.86. The summed E-state index contributed by atoms with van der Waals surface area (Å²) in [4.78, 5) is 41.2. The second kappa shape index (κ2) is 10.1. The maximum absolute atomic E-state index is 13.7. The van der Waals surface area contributed by atoms with Crippen LogP contribution in [0.3, 0.4) is 0 Å². The fourth-order valence-corrected chi connectivity index (χ4v) is 4.55. The van der Waals surface area contributed by atoms with Crippen LogP contribution in [0.4, 0.5) is 19.0 Å². The number of benzene rings is 3. The summed E-state index contributed by atoms with van der Waals surface area (Å²) < 4.78 is 42.0. The molecule has 1 aromatic heterocycles. The molecule has 196 valence electrons. The van der Waals surface area contributed by atoms with Gasteiger partial charge in [0, 0.05) is 5.56 Å². The Bertz CT molecular complexity index is 1520. The van der Waals surface area contributed by atoms with Gasteiger partial charge >= 0.3 is 6.36 Å². The Morgan fingerprint density at radius 3 is 2.05 bits per heavy atom. The summed E-state index contributed by atoms with van der Waals surface area (Å²) in [7, 11) is 0. The zero-order valence-corrected chi connectivity index (χ0v) is 20.4. The molecule has 2 heterocycles. The average Bonchev–Trinajstić information content (AvgIpc) is 3.19. The summed E-state index contributed by atoms with van der Waals surface area (Å²) >= 11 is 0. The summed E-state index contributed by atoms with van der Waals surface area (Å²) in [6, 6.07) is 22.7. The lowest BCUT2D eigenvalue weighted by Gasteiger charge is -2.26. The van der Waals surface area contributed by atoms with Gasteiger partial charge in [0.2, 0.25) is 5.78 Å². The Labute approximate surface area is 220 Å². The molecule has 1 fully saturated rings. The van der Waals surface area contributed by atoms with E-state index in [0.717, 1.165) is 28.2 Å². The van der Waals surface area contributed by atoms with Crippen LogP contribution < -0.4 is 9.64 Å². The summed E-state index contributed by atoms with van der Waals surface area (Å²) in [5, 5.41) is 7.96. The first-order valence-corrected chi connectivity index (χ1v) is 11.9. The van der Waals surface area contributed by atoms with Crippen molar-refractivity contribution >= 4 is 23.3 Å². The van der Waals surface area contributed by atoms with Gasteiger partial charge in [-0.25, -0.2) is 0 Å². The third kappa shape index (κ3) is 5.26. The molecule has 0 bridgehead atoms. The average molecular weight is 531 g/mol. The summed E-state index contributed by atoms with van der Waals surface area (Å²) in [5.74, 6) is -4.42. The molecule has 5 rings (SSSR count). The molecule has 0 aliphatic carbocycles. The van der Waals surface area contributed by atoms with Crippen LogP contribution in [0.15, 0.2) is 91.0 Å². The fourth-order valence-electron chi connectivity index (χ4n) is 4.55. The summed E-state index contributed by atoms with van der Waals surface area (Å²) in [5.41, 5.74) is 2.82. The molecule has 1 aliphatic heterocycles. The highest BCUT2D eigenvalue weighted by Crippen LogP contribution is 2.41. The SMILES string of the molecule is Cc1ccc(N2C(=O)C(=O)C(C(=O)c3ccc(-c4ccccc4)cc3)C2c2ccc(OC(F)(F)F)cc2)nn1. The molecular formula is C29H20F3N3O4. The van der Waals surface area contributed by atoms with E-state index >= 15 is 0 Å². The standard InChI is InChI=1S/C29H20F3N3O4/c1-17-7-16-23(34-33-17)35-25(20-12-14-22(15-13-20)39-29(30,31)32)24(27(37)28(35)38)26(36)21-10-8-19(9-11-21)18-5-3-2-4-6-18/h2-16,24-25H,1H3. The zero-order chi connectivity index (χ0) is 27.7. The number of aryl methyl sites for hydroxylation is 1. The van der Waals surface area contributed by atoms with Gasteiger partial charge < -0.3 is 4.74 Å². The highest BCUT2D eigenvalue weighted by atomic mass is 19.4. The van der Waals surface area contributed by atoms with Crippen LogP contribution >= 0.6 is 0 Å². The second-order valence-electron chi connectivity index (χ2n) is 8.92. The smallest absolute Gasteiger partial charge is 0.406 e. The second-order valence-corrected chi connectivity index (χ2v) is 8.92. The number of carbonyl (C=O) groups excluding carboxylic acids is 3. The third-order valence-corrected chi connectivity index (χ3v) is 6.35. The number of aromatic nitrogens is 2. The van der Waals surface area contributed by atoms with Gasteiger partial charge in [-0.05, 0) is 47.9 Å². The van der Waals surface area contributed by atoms with Gasteiger partial charge in [-0.1, -0.05) is 66.7 Å². The van der Waals surface area contributed by atoms with E-state index in [9.17, 15) is 27.6 Å². The van der Waals surface area contributed by atoms with Crippen molar-refractivity contribution in [1.82, 2.24) is 10.2 Å². The van der Waals surface area contributed by atoms with E-state index in [1.54, 1.807) is 37.3 Å². The molecule has 1 aliphatic rings. The molecular weight excluding hydrogens is 511 g/mol. The molecule has 0 spiro atoms. The van der Waals surface area contributed by atoms with Gasteiger partial charge in [0.05, 0.1) is 11.7 Å². The van der Waals surface area contributed by atoms with E-state index in [0.29, 0.717) is 5.69 Å². The van der Waals surface area contributed by atoms with Crippen molar-refractivity contribution in [2.75, 3.05) is 4.90 Å². The fraction of sp³-hybridized carbons (Fsp3) is 0.138. The van der Waals surface area contributed by atoms with Crippen molar-refractivity contribution in [1.29, 1.82) is 0 Å². The summed E-state index contributed by atoms with van der Waals surface area (Å²) in [6.07, 6.45) is -4.89. The van der Waals surface area contributed by atoms with Gasteiger partial charge in [-0.2, -0.15) is 5.10 Å². The molecule has 4 aromatic rings. The Morgan fingerprint density at radius 1 is 0.821 bits per heavy atom. The molecule has 0 saturated carbocycles. The Balaban J connectivity index is 1.54. The van der Waals surface area contributed by atoms with Crippen molar-refractivity contribution in [3.63, 3.8) is 0 Å². The number of ketones is 2. The number of halogens is 3. The minimum absolute atomic E-state index is 0.0364. The van der Waals surface area contributed by atoms with Crippen LogP contribution in [-0.4, -0.2) is 34.0 Å². The monoisotopic (exact) mass is 531 g/mol. The first-order chi connectivity index (χ1) is 18.6. The number of nitrogens with zero attached hydrogens (tertiary/aromatic N) is 3. The predicted octanol–water partition coefficient (Wildman–Crippen LogP) is 5.51.